The quantitative estimate of drug-likeness (QED) is 0.151. The number of hydrogen-bond acceptors (Lipinski definition) is 0. The smallest absolute Gasteiger partial charge is 0.0159 e. The van der Waals surface area contributed by atoms with Crippen LogP contribution in [0.1, 0.15) is 249 Å². The number of rotatable bonds is 2. The molecule has 27 rings (SSSR count). The second-order valence-corrected chi connectivity index (χ2v) is 43.6. The first-order valence-electron chi connectivity index (χ1n) is 52.1. The monoisotopic (exact) mass is 1840 g/mol. The molecule has 0 fully saturated rings. The lowest BCUT2D eigenvalue weighted by Crippen LogP contribution is -2.15. The molecule has 0 aliphatic heterocycles. The Morgan fingerprint density at radius 3 is 1.04 bits per heavy atom. The molecule has 0 aromatic heterocycles. The Bertz CT molecular complexity index is 8640. The molecule has 0 heterocycles. The van der Waals surface area contributed by atoms with Crippen molar-refractivity contribution in [1.29, 1.82) is 0 Å². The Morgan fingerprint density at radius 2 is 0.521 bits per heavy atom. The lowest BCUT2D eigenvalue weighted by atomic mass is 9.81. The molecule has 0 radical (unpaired) electrons. The van der Waals surface area contributed by atoms with E-state index in [2.05, 4.69) is 494 Å². The van der Waals surface area contributed by atoms with Crippen molar-refractivity contribution in [3.8, 4) is 66.8 Å². The Hall–Kier alpha value is -14.3. The first-order valence-corrected chi connectivity index (χ1v) is 52.1. The maximum atomic E-state index is 2.40. The van der Waals surface area contributed by atoms with Crippen LogP contribution in [0.5, 0.6) is 0 Å². The van der Waals surface area contributed by atoms with Crippen molar-refractivity contribution in [2.75, 3.05) is 0 Å². The Balaban J connectivity index is 0.0000000980. The topological polar surface area (TPSA) is 0 Å². The summed E-state index contributed by atoms with van der Waals surface area (Å²) < 4.78 is 0. The molecular formula is C142H134. The van der Waals surface area contributed by atoms with Crippen LogP contribution in [0.3, 0.4) is 0 Å². The van der Waals surface area contributed by atoms with Gasteiger partial charge in [-0.15, -0.1) is 0 Å². The maximum absolute atomic E-state index is 2.40. The summed E-state index contributed by atoms with van der Waals surface area (Å²) in [6.45, 7) is 53.9. The maximum Gasteiger partial charge on any atom is 0.0159 e. The molecule has 0 amide bonds. The van der Waals surface area contributed by atoms with Crippen molar-refractivity contribution in [1.82, 2.24) is 0 Å². The molecule has 6 aliphatic rings. The number of fused-ring (bicyclic) bond motifs is 32. The van der Waals surface area contributed by atoms with Crippen molar-refractivity contribution in [3.05, 3.63) is 483 Å². The lowest BCUT2D eigenvalue weighted by Gasteiger charge is -2.22. The molecule has 4 unspecified atom stereocenters. The molecule has 21 aromatic carbocycles. The molecule has 0 spiro atoms. The molecule has 0 saturated carbocycles. The minimum Gasteiger partial charge on any atom is -0.0616 e. The van der Waals surface area contributed by atoms with E-state index in [1.807, 2.05) is 0 Å². The highest BCUT2D eigenvalue weighted by Crippen LogP contribution is 2.57. The Labute approximate surface area is 843 Å². The third-order valence-electron chi connectivity index (χ3n) is 33.1. The summed E-state index contributed by atoms with van der Waals surface area (Å²) in [6.07, 6.45) is 2.21. The van der Waals surface area contributed by atoms with E-state index in [-0.39, 0.29) is 10.8 Å². The van der Waals surface area contributed by atoms with Gasteiger partial charge in [-0.05, 0) is 375 Å². The predicted molar refractivity (Wildman–Crippen MR) is 617 cm³/mol. The second kappa shape index (κ2) is 36.7. The van der Waals surface area contributed by atoms with E-state index in [0.29, 0.717) is 23.7 Å². The molecule has 4 atom stereocenters. The van der Waals surface area contributed by atoms with Gasteiger partial charge >= 0.3 is 0 Å². The SMILES string of the molecule is CCc1c(CC)c2ccc(C)cc2c2cc(C)ccc12.Cc1ccc2c(c1)C(C)(C)c1cc(C)c3ccccc3c1-2.Cc1ccc2c(c1)C(C)(C)c1ccc3c(C)cccc3c1-2.Cc1ccc2c(c1)C(C)c1c-2ccc2cc(C)ccc12.Cc1ccc2c(c1)C(C)c1cc(C)c3ccccc3c1-2.Cc1ccc2c(c1)C(C)c1cc3cc(C)ccc3cc1-2.Cc1ccc2c(c1)C(C)c1ccc3c(C)cccc3c1-2. The molecule has 702 valence electrons. The average Bonchev–Trinajstić information content (AvgIpc) is 1.58. The highest BCUT2D eigenvalue weighted by molar-refractivity contribution is 6.13. The van der Waals surface area contributed by atoms with Crippen LogP contribution in [0.4, 0.5) is 0 Å². The summed E-state index contributed by atoms with van der Waals surface area (Å²) in [5.41, 5.74) is 57.0. The second-order valence-electron chi connectivity index (χ2n) is 43.6. The van der Waals surface area contributed by atoms with Gasteiger partial charge in [0.1, 0.15) is 0 Å². The van der Waals surface area contributed by atoms with Crippen LogP contribution in [0.2, 0.25) is 0 Å². The van der Waals surface area contributed by atoms with Crippen molar-refractivity contribution in [3.63, 3.8) is 0 Å². The Morgan fingerprint density at radius 1 is 0.183 bits per heavy atom. The largest absolute Gasteiger partial charge is 0.0616 e. The van der Waals surface area contributed by atoms with Gasteiger partial charge < -0.3 is 0 Å². The van der Waals surface area contributed by atoms with Crippen LogP contribution in [0.25, 0.3) is 153 Å². The van der Waals surface area contributed by atoms with Gasteiger partial charge in [-0.2, -0.15) is 0 Å². The summed E-state index contributed by atoms with van der Waals surface area (Å²) in [5.74, 6) is 2.00. The van der Waals surface area contributed by atoms with Gasteiger partial charge in [-0.3, -0.25) is 0 Å². The molecule has 0 bridgehead atoms. The van der Waals surface area contributed by atoms with E-state index in [9.17, 15) is 0 Å². The van der Waals surface area contributed by atoms with Gasteiger partial charge in [0.2, 0.25) is 0 Å². The molecule has 6 aliphatic carbocycles. The highest BCUT2D eigenvalue weighted by Gasteiger charge is 2.40. The summed E-state index contributed by atoms with van der Waals surface area (Å²) in [5, 5.41) is 22.3. The zero-order valence-corrected chi connectivity index (χ0v) is 87.9. The number of aryl methyl sites for hydroxylation is 16. The first kappa shape index (κ1) is 94.0. The van der Waals surface area contributed by atoms with Gasteiger partial charge in [0, 0.05) is 34.5 Å². The van der Waals surface area contributed by atoms with Gasteiger partial charge in [-0.25, -0.2) is 0 Å². The fourth-order valence-corrected chi connectivity index (χ4v) is 25.5. The van der Waals surface area contributed by atoms with Gasteiger partial charge in [0.15, 0.2) is 0 Å². The van der Waals surface area contributed by atoms with Crippen molar-refractivity contribution < 1.29 is 0 Å². The number of hydrogen-bond donors (Lipinski definition) is 0. The summed E-state index contributed by atoms with van der Waals surface area (Å²) in [6, 6.07) is 123. The Kier molecular flexibility index (Phi) is 24.3. The van der Waals surface area contributed by atoms with Crippen molar-refractivity contribution in [2.45, 2.75) is 214 Å². The lowest BCUT2D eigenvalue weighted by molar-refractivity contribution is 0.659. The summed E-state index contributed by atoms with van der Waals surface area (Å²) >= 11 is 0. The zero-order chi connectivity index (χ0) is 99.2. The molecule has 0 saturated heterocycles. The standard InChI is InChI=1S/2C21H20.4C20H18.C20H22/c1-13-8-9-17-19(12-13)21(3,4)18-11-10-15-14(2)6-5-7-16(15)20(17)18;1-13-9-10-17-18(11-13)21(3,4)19-12-14(2)15-7-5-6-8-16(15)20(17)19;1-12-4-7-16-15(10-12)6-9-18-17-8-5-13(2)11-19(17)14(3)20(16)18;1-12-4-6-15-10-20-17-7-5-13(2)9-18(17)14(3)19(20)11-16(15)8-12;1-12-7-8-18-19(11-12)14(3)16-10-9-15-13(2)5-4-6-17(15)20(16)18;1-12-8-9-17-18(10-12)14(3)19-11-13(2)15-6-4-5-7-16(15)20(17)19;1-5-15-16(6-2)18-10-8-14(4)12-20(18)19-11-13(3)7-9-17(15)19/h2*5-12H,1-4H3;4*4-11,14H,1-3H3;7-12H,5-6H2,1-4H3. The van der Waals surface area contributed by atoms with E-state index in [1.165, 1.54) is 309 Å². The normalized spacial score (nSPS) is 15.2. The summed E-state index contributed by atoms with van der Waals surface area (Å²) in [4.78, 5) is 0. The minimum absolute atomic E-state index is 0.0888. The van der Waals surface area contributed by atoms with E-state index in [4.69, 9.17) is 0 Å². The molecule has 0 heteroatoms. The fourth-order valence-electron chi connectivity index (χ4n) is 25.5. The van der Waals surface area contributed by atoms with Crippen LogP contribution in [-0.4, -0.2) is 0 Å². The average molecular weight is 1840 g/mol. The van der Waals surface area contributed by atoms with Crippen LogP contribution < -0.4 is 0 Å². The van der Waals surface area contributed by atoms with Crippen LogP contribution in [0.15, 0.2) is 328 Å². The zero-order valence-electron chi connectivity index (χ0n) is 87.9. The van der Waals surface area contributed by atoms with E-state index >= 15 is 0 Å². The fraction of sp³-hybridized carbons (Fsp3) is 0.225. The molecular weight excluding hydrogens is 1710 g/mol. The van der Waals surface area contributed by atoms with E-state index in [1.54, 1.807) is 0 Å². The number of benzene rings is 21. The summed E-state index contributed by atoms with van der Waals surface area (Å²) in [7, 11) is 0. The molecule has 0 nitrogen and oxygen atoms in total. The van der Waals surface area contributed by atoms with Crippen molar-refractivity contribution in [2.24, 2.45) is 0 Å². The van der Waals surface area contributed by atoms with Gasteiger partial charge in [0.25, 0.3) is 0 Å². The van der Waals surface area contributed by atoms with Crippen LogP contribution in [0, 0.1) is 96.9 Å². The first-order chi connectivity index (χ1) is 68.3. The van der Waals surface area contributed by atoms with Crippen LogP contribution >= 0.6 is 0 Å². The molecule has 142 heavy (non-hydrogen) atoms. The van der Waals surface area contributed by atoms with Gasteiger partial charge in [0.05, 0.1) is 0 Å². The third-order valence-corrected chi connectivity index (χ3v) is 33.1. The van der Waals surface area contributed by atoms with Crippen molar-refractivity contribution >= 4 is 86.2 Å². The van der Waals surface area contributed by atoms with Crippen LogP contribution in [-0.2, 0) is 23.7 Å². The van der Waals surface area contributed by atoms with E-state index in [0.717, 1.165) is 12.8 Å². The predicted octanol–water partition coefficient (Wildman–Crippen LogP) is 39.6. The third kappa shape index (κ3) is 16.1. The molecule has 21 aromatic rings. The highest BCUT2D eigenvalue weighted by atomic mass is 14.4. The molecule has 0 N–H and O–H groups in total. The van der Waals surface area contributed by atoms with Gasteiger partial charge in [-0.1, -0.05) is 440 Å². The minimum atomic E-state index is 0.0888. The van der Waals surface area contributed by atoms with E-state index < -0.39 is 0 Å².